The quantitative estimate of drug-likeness (QED) is 0.150. The molecule has 0 amide bonds. The second-order valence-corrected chi connectivity index (χ2v) is 13.7. The molecule has 0 atom stereocenters. The predicted molar refractivity (Wildman–Crippen MR) is 107 cm³/mol. The first-order valence-electron chi connectivity index (χ1n) is 9.93. The average Bonchev–Trinajstić information content (AvgIpc) is 2.45. The maximum absolute atomic E-state index is 6.25. The molecular formula is C20H41ClSi. The van der Waals surface area contributed by atoms with Gasteiger partial charge >= 0.3 is 0 Å². The third-order valence-corrected chi connectivity index (χ3v) is 5.64. The molecule has 0 nitrogen and oxygen atoms in total. The van der Waals surface area contributed by atoms with Crippen LogP contribution in [0.2, 0.25) is 13.1 Å². The van der Waals surface area contributed by atoms with Crippen LogP contribution in [0, 0.1) is 0 Å². The predicted octanol–water partition coefficient (Wildman–Crippen LogP) is 8.40. The SMILES string of the molecule is CCCCCCCCCCCCCCCCC=C[Si](C)(C)Cl. The summed E-state index contributed by atoms with van der Waals surface area (Å²) in [6.45, 7) is 6.64. The zero-order valence-corrected chi connectivity index (χ0v) is 17.4. The summed E-state index contributed by atoms with van der Waals surface area (Å²) in [6.07, 6.45) is 23.6. The lowest BCUT2D eigenvalue weighted by atomic mass is 10.0. The van der Waals surface area contributed by atoms with Crippen molar-refractivity contribution in [2.24, 2.45) is 0 Å². The van der Waals surface area contributed by atoms with Gasteiger partial charge in [-0.05, 0) is 12.8 Å². The Morgan fingerprint density at radius 3 is 1.36 bits per heavy atom. The van der Waals surface area contributed by atoms with Gasteiger partial charge in [0.05, 0.1) is 0 Å². The Balaban J connectivity index is 3.07. The van der Waals surface area contributed by atoms with Crippen molar-refractivity contribution in [1.82, 2.24) is 0 Å². The van der Waals surface area contributed by atoms with Gasteiger partial charge in [0.2, 0.25) is 0 Å². The van der Waals surface area contributed by atoms with Gasteiger partial charge in [0, 0.05) is 0 Å². The van der Waals surface area contributed by atoms with Crippen LogP contribution in [0.1, 0.15) is 103 Å². The van der Waals surface area contributed by atoms with E-state index in [2.05, 4.69) is 31.8 Å². The van der Waals surface area contributed by atoms with Crippen LogP contribution in [-0.2, 0) is 0 Å². The zero-order valence-electron chi connectivity index (χ0n) is 15.6. The van der Waals surface area contributed by atoms with Crippen LogP contribution >= 0.6 is 11.1 Å². The fourth-order valence-electron chi connectivity index (χ4n) is 2.82. The molecule has 0 aromatic rings. The third kappa shape index (κ3) is 20.2. The molecule has 0 aliphatic rings. The number of rotatable bonds is 16. The fraction of sp³-hybridized carbons (Fsp3) is 0.900. The summed E-state index contributed by atoms with van der Waals surface area (Å²) in [4.78, 5) is 0. The summed E-state index contributed by atoms with van der Waals surface area (Å²) in [5, 5.41) is 0. The van der Waals surface area contributed by atoms with Gasteiger partial charge < -0.3 is 0 Å². The Kier molecular flexibility index (Phi) is 16.3. The van der Waals surface area contributed by atoms with E-state index in [-0.39, 0.29) is 0 Å². The lowest BCUT2D eigenvalue weighted by Crippen LogP contribution is -2.11. The highest BCUT2D eigenvalue weighted by Crippen LogP contribution is 2.14. The van der Waals surface area contributed by atoms with Gasteiger partial charge in [-0.2, -0.15) is 11.1 Å². The van der Waals surface area contributed by atoms with Crippen molar-refractivity contribution in [1.29, 1.82) is 0 Å². The van der Waals surface area contributed by atoms with E-state index in [1.165, 1.54) is 96.3 Å². The number of hydrogen-bond donors (Lipinski definition) is 0. The van der Waals surface area contributed by atoms with Crippen LogP contribution in [0.25, 0.3) is 0 Å². The molecule has 0 aromatic carbocycles. The molecule has 0 aliphatic carbocycles. The van der Waals surface area contributed by atoms with Crippen LogP contribution in [0.4, 0.5) is 0 Å². The summed E-state index contributed by atoms with van der Waals surface area (Å²) in [7, 11) is -1.47. The van der Waals surface area contributed by atoms with Crippen molar-refractivity contribution in [3.63, 3.8) is 0 Å². The number of allylic oxidation sites excluding steroid dienone is 1. The topological polar surface area (TPSA) is 0 Å². The molecule has 2 heteroatoms. The van der Waals surface area contributed by atoms with E-state index >= 15 is 0 Å². The molecule has 22 heavy (non-hydrogen) atoms. The van der Waals surface area contributed by atoms with Crippen molar-refractivity contribution in [3.05, 3.63) is 11.8 Å². The molecule has 0 radical (unpaired) electrons. The van der Waals surface area contributed by atoms with Crippen LogP contribution in [0.3, 0.4) is 0 Å². The first-order chi connectivity index (χ1) is 10.6. The minimum atomic E-state index is -1.47. The van der Waals surface area contributed by atoms with Gasteiger partial charge in [0.25, 0.3) is 0 Å². The first kappa shape index (κ1) is 22.2. The van der Waals surface area contributed by atoms with Crippen molar-refractivity contribution in [2.45, 2.75) is 116 Å². The van der Waals surface area contributed by atoms with Crippen LogP contribution < -0.4 is 0 Å². The number of halogens is 1. The molecule has 0 rings (SSSR count). The van der Waals surface area contributed by atoms with E-state index in [1.54, 1.807) is 0 Å². The van der Waals surface area contributed by atoms with E-state index in [1.807, 2.05) is 0 Å². The van der Waals surface area contributed by atoms with Crippen molar-refractivity contribution in [2.75, 3.05) is 0 Å². The Bertz CT molecular complexity index is 243. The summed E-state index contributed by atoms with van der Waals surface area (Å²) in [5.41, 5.74) is 2.26. The van der Waals surface area contributed by atoms with Gasteiger partial charge in [0.1, 0.15) is 0 Å². The number of hydrogen-bond acceptors (Lipinski definition) is 0. The molecule has 0 heterocycles. The van der Waals surface area contributed by atoms with Crippen molar-refractivity contribution < 1.29 is 0 Å². The molecule has 0 N–H and O–H groups in total. The summed E-state index contributed by atoms with van der Waals surface area (Å²) in [5.74, 6) is 0. The van der Waals surface area contributed by atoms with Gasteiger partial charge in [-0.1, -0.05) is 115 Å². The minimum Gasteiger partial charge on any atom is -0.162 e. The third-order valence-electron chi connectivity index (χ3n) is 4.24. The van der Waals surface area contributed by atoms with E-state index in [4.69, 9.17) is 11.1 Å². The smallest absolute Gasteiger partial charge is 0.162 e. The summed E-state index contributed by atoms with van der Waals surface area (Å²) < 4.78 is 0. The van der Waals surface area contributed by atoms with Crippen LogP contribution in [-0.4, -0.2) is 7.38 Å². The maximum atomic E-state index is 6.25. The molecule has 0 unspecified atom stereocenters. The normalized spacial score (nSPS) is 12.4. The molecule has 0 spiro atoms. The minimum absolute atomic E-state index is 1.22. The van der Waals surface area contributed by atoms with E-state index < -0.39 is 7.38 Å². The van der Waals surface area contributed by atoms with Crippen LogP contribution in [0.5, 0.6) is 0 Å². The number of unbranched alkanes of at least 4 members (excludes halogenated alkanes) is 14. The van der Waals surface area contributed by atoms with Crippen LogP contribution in [0.15, 0.2) is 11.8 Å². The molecular weight excluding hydrogens is 304 g/mol. The molecule has 132 valence electrons. The average molecular weight is 345 g/mol. The largest absolute Gasteiger partial charge is 0.173 e. The molecule has 0 fully saturated rings. The highest BCUT2D eigenvalue weighted by Gasteiger charge is 2.10. The van der Waals surface area contributed by atoms with Crippen molar-refractivity contribution in [3.8, 4) is 0 Å². The molecule has 0 saturated heterocycles. The fourth-order valence-corrected chi connectivity index (χ4v) is 3.81. The van der Waals surface area contributed by atoms with E-state index in [9.17, 15) is 0 Å². The molecule has 0 bridgehead atoms. The second-order valence-electron chi connectivity index (χ2n) is 7.35. The van der Waals surface area contributed by atoms with Gasteiger partial charge in [-0.25, -0.2) is 0 Å². The molecule has 0 aliphatic heterocycles. The second kappa shape index (κ2) is 16.1. The summed E-state index contributed by atoms with van der Waals surface area (Å²) >= 11 is 6.25. The maximum Gasteiger partial charge on any atom is 0.173 e. The van der Waals surface area contributed by atoms with E-state index in [0.29, 0.717) is 0 Å². The van der Waals surface area contributed by atoms with Crippen molar-refractivity contribution >= 4 is 18.5 Å². The highest BCUT2D eigenvalue weighted by molar-refractivity contribution is 7.21. The van der Waals surface area contributed by atoms with Gasteiger partial charge in [0.15, 0.2) is 7.38 Å². The highest BCUT2D eigenvalue weighted by atomic mass is 35.6. The first-order valence-corrected chi connectivity index (χ1v) is 14.0. The monoisotopic (exact) mass is 344 g/mol. The van der Waals surface area contributed by atoms with Gasteiger partial charge in [-0.15, -0.1) is 0 Å². The Labute approximate surface area is 146 Å². The van der Waals surface area contributed by atoms with E-state index in [0.717, 1.165) is 0 Å². The molecule has 0 saturated carbocycles. The Morgan fingerprint density at radius 2 is 1.00 bits per heavy atom. The summed E-state index contributed by atoms with van der Waals surface area (Å²) in [6, 6.07) is 0. The Hall–Kier alpha value is 0.247. The Morgan fingerprint density at radius 1 is 0.636 bits per heavy atom. The van der Waals surface area contributed by atoms with Gasteiger partial charge in [-0.3, -0.25) is 0 Å². The lowest BCUT2D eigenvalue weighted by Gasteiger charge is -2.05. The zero-order chi connectivity index (χ0) is 16.5. The lowest BCUT2D eigenvalue weighted by molar-refractivity contribution is 0.536. The molecule has 0 aromatic heterocycles. The standard InChI is InChI=1S/C20H41ClSi/c1-4-5-6-7-8-9-10-11-12-13-14-15-16-17-18-19-20-22(2,3)21/h19-20H,4-18H2,1-3H3.